The van der Waals surface area contributed by atoms with Gasteiger partial charge in [0.2, 0.25) is 10.9 Å². The van der Waals surface area contributed by atoms with E-state index in [1.807, 2.05) is 14.1 Å². The molecule has 1 rings (SSSR count). The normalized spacial score (nSPS) is 12.1. The minimum absolute atomic E-state index is 0.280. The summed E-state index contributed by atoms with van der Waals surface area (Å²) in [5.41, 5.74) is 1.02. The number of nitrogens with zero attached hydrogens (tertiary/aromatic N) is 1. The summed E-state index contributed by atoms with van der Waals surface area (Å²) in [6.45, 7) is 6.55. The van der Waals surface area contributed by atoms with E-state index in [4.69, 9.17) is 0 Å². The van der Waals surface area contributed by atoms with Crippen molar-refractivity contribution in [1.29, 1.82) is 0 Å². The summed E-state index contributed by atoms with van der Waals surface area (Å²) in [7, 11) is 3.62. The SMILES string of the molecule is CN(C)c1c(CCCC(C)(C)C)c(=O)c1=O. The molecule has 0 saturated carbocycles. The van der Waals surface area contributed by atoms with Gasteiger partial charge in [-0.2, -0.15) is 0 Å². The lowest BCUT2D eigenvalue weighted by atomic mass is 9.88. The van der Waals surface area contributed by atoms with Gasteiger partial charge in [-0.05, 0) is 24.7 Å². The second-order valence-electron chi connectivity index (χ2n) is 5.79. The van der Waals surface area contributed by atoms with Crippen LogP contribution in [0.25, 0.3) is 0 Å². The summed E-state index contributed by atoms with van der Waals surface area (Å²) >= 11 is 0. The van der Waals surface area contributed by atoms with Gasteiger partial charge >= 0.3 is 0 Å². The standard InChI is InChI=1S/C13H21NO2/c1-13(2,3)8-6-7-9-10(14(4)5)12(16)11(9)15/h6-8H2,1-5H3. The van der Waals surface area contributed by atoms with Gasteiger partial charge in [0.1, 0.15) is 0 Å². The molecule has 0 spiro atoms. The molecule has 1 aromatic rings. The first kappa shape index (κ1) is 12.9. The van der Waals surface area contributed by atoms with Gasteiger partial charge in [0.05, 0.1) is 5.69 Å². The van der Waals surface area contributed by atoms with Crippen molar-refractivity contribution < 1.29 is 0 Å². The Morgan fingerprint density at radius 3 is 2.06 bits per heavy atom. The number of hydrogen-bond acceptors (Lipinski definition) is 3. The highest BCUT2D eigenvalue weighted by atomic mass is 16.2. The Morgan fingerprint density at radius 1 is 1.06 bits per heavy atom. The van der Waals surface area contributed by atoms with E-state index in [1.54, 1.807) is 4.90 Å². The average molecular weight is 223 g/mol. The zero-order chi connectivity index (χ0) is 12.5. The Morgan fingerprint density at radius 2 is 1.62 bits per heavy atom. The Labute approximate surface area is 96.8 Å². The molecule has 0 radical (unpaired) electrons. The molecule has 0 fully saturated rings. The van der Waals surface area contributed by atoms with Gasteiger partial charge in [0, 0.05) is 19.7 Å². The Hall–Kier alpha value is -1.12. The van der Waals surface area contributed by atoms with E-state index in [1.165, 1.54) is 0 Å². The Kier molecular flexibility index (Phi) is 3.56. The molecule has 0 atom stereocenters. The number of anilines is 1. The molecular weight excluding hydrogens is 202 g/mol. The number of rotatable bonds is 4. The minimum atomic E-state index is -0.323. The molecule has 3 heteroatoms. The predicted molar refractivity (Wildman–Crippen MR) is 68.1 cm³/mol. The summed E-state index contributed by atoms with van der Waals surface area (Å²) in [4.78, 5) is 24.5. The molecule has 0 amide bonds. The van der Waals surface area contributed by atoms with Gasteiger partial charge in [-0.25, -0.2) is 0 Å². The van der Waals surface area contributed by atoms with Gasteiger partial charge in [-0.15, -0.1) is 0 Å². The molecule has 0 bridgehead atoms. The van der Waals surface area contributed by atoms with Gasteiger partial charge in [0.25, 0.3) is 0 Å². The van der Waals surface area contributed by atoms with Crippen LogP contribution in [-0.4, -0.2) is 14.1 Å². The van der Waals surface area contributed by atoms with Gasteiger partial charge < -0.3 is 4.90 Å². The van der Waals surface area contributed by atoms with Crippen molar-refractivity contribution in [2.45, 2.75) is 40.0 Å². The molecule has 3 nitrogen and oxygen atoms in total. The zero-order valence-corrected chi connectivity index (χ0v) is 10.9. The molecule has 0 aliphatic carbocycles. The van der Waals surface area contributed by atoms with Crippen LogP contribution < -0.4 is 15.8 Å². The third kappa shape index (κ3) is 2.71. The molecule has 0 aromatic heterocycles. The first-order valence-corrected chi connectivity index (χ1v) is 5.73. The lowest BCUT2D eigenvalue weighted by Gasteiger charge is -2.20. The van der Waals surface area contributed by atoms with Gasteiger partial charge in [-0.1, -0.05) is 20.8 Å². The van der Waals surface area contributed by atoms with Crippen molar-refractivity contribution >= 4 is 5.69 Å². The van der Waals surface area contributed by atoms with Crippen LogP contribution >= 0.6 is 0 Å². The van der Waals surface area contributed by atoms with E-state index >= 15 is 0 Å². The highest BCUT2D eigenvalue weighted by molar-refractivity contribution is 5.57. The van der Waals surface area contributed by atoms with Crippen molar-refractivity contribution in [3.63, 3.8) is 0 Å². The smallest absolute Gasteiger partial charge is 0.249 e. The topological polar surface area (TPSA) is 37.4 Å². The van der Waals surface area contributed by atoms with Crippen molar-refractivity contribution in [3.8, 4) is 0 Å². The van der Waals surface area contributed by atoms with Crippen LogP contribution in [0.1, 0.15) is 39.2 Å². The largest absolute Gasteiger partial charge is 0.374 e. The second-order valence-corrected chi connectivity index (χ2v) is 5.79. The maximum Gasteiger partial charge on any atom is 0.249 e. The van der Waals surface area contributed by atoms with Crippen LogP contribution in [0.4, 0.5) is 5.69 Å². The third-order valence-electron chi connectivity index (χ3n) is 2.78. The molecule has 16 heavy (non-hydrogen) atoms. The van der Waals surface area contributed by atoms with Crippen LogP contribution in [0.2, 0.25) is 0 Å². The molecule has 0 unspecified atom stereocenters. The fourth-order valence-electron chi connectivity index (χ4n) is 1.93. The van der Waals surface area contributed by atoms with Crippen molar-refractivity contribution in [2.75, 3.05) is 19.0 Å². The molecule has 0 saturated heterocycles. The second kappa shape index (κ2) is 4.40. The van der Waals surface area contributed by atoms with Crippen molar-refractivity contribution in [1.82, 2.24) is 0 Å². The molecule has 1 aromatic carbocycles. The summed E-state index contributed by atoms with van der Waals surface area (Å²) < 4.78 is 0. The highest BCUT2D eigenvalue weighted by Crippen LogP contribution is 2.23. The summed E-state index contributed by atoms with van der Waals surface area (Å²) in [6, 6.07) is 0. The van der Waals surface area contributed by atoms with Crippen LogP contribution in [0.5, 0.6) is 0 Å². The van der Waals surface area contributed by atoms with E-state index in [0.29, 0.717) is 5.69 Å². The van der Waals surface area contributed by atoms with Gasteiger partial charge in [0.15, 0.2) is 0 Å². The van der Waals surface area contributed by atoms with Crippen LogP contribution in [-0.2, 0) is 6.42 Å². The monoisotopic (exact) mass is 223 g/mol. The van der Waals surface area contributed by atoms with Crippen LogP contribution in [0.15, 0.2) is 9.59 Å². The Bertz CT molecular complexity index is 431. The fourth-order valence-corrected chi connectivity index (χ4v) is 1.93. The van der Waals surface area contributed by atoms with E-state index in [2.05, 4.69) is 20.8 Å². The number of hydrogen-bond donors (Lipinski definition) is 0. The zero-order valence-electron chi connectivity index (χ0n) is 10.9. The highest BCUT2D eigenvalue weighted by Gasteiger charge is 2.22. The van der Waals surface area contributed by atoms with Crippen LogP contribution in [0, 0.1) is 5.41 Å². The van der Waals surface area contributed by atoms with Crippen LogP contribution in [0.3, 0.4) is 0 Å². The lowest BCUT2D eigenvalue weighted by Crippen LogP contribution is -2.41. The van der Waals surface area contributed by atoms with Crippen molar-refractivity contribution in [2.24, 2.45) is 5.41 Å². The predicted octanol–water partition coefficient (Wildman–Crippen LogP) is 1.72. The van der Waals surface area contributed by atoms with Crippen molar-refractivity contribution in [3.05, 3.63) is 26.0 Å². The Balaban J connectivity index is 2.66. The first-order valence-electron chi connectivity index (χ1n) is 5.73. The van der Waals surface area contributed by atoms with E-state index in [0.717, 1.165) is 24.8 Å². The minimum Gasteiger partial charge on any atom is -0.374 e. The summed E-state index contributed by atoms with van der Waals surface area (Å²) in [5, 5.41) is 0. The van der Waals surface area contributed by atoms with E-state index in [9.17, 15) is 9.59 Å². The van der Waals surface area contributed by atoms with E-state index < -0.39 is 0 Å². The lowest BCUT2D eigenvalue weighted by molar-refractivity contribution is 0.365. The maximum atomic E-state index is 11.4. The molecule has 0 heterocycles. The summed E-state index contributed by atoms with van der Waals surface area (Å²) in [5.74, 6) is 0. The first-order chi connectivity index (χ1) is 7.24. The van der Waals surface area contributed by atoms with Gasteiger partial charge in [-0.3, -0.25) is 9.59 Å². The van der Waals surface area contributed by atoms with E-state index in [-0.39, 0.29) is 16.3 Å². The molecule has 0 N–H and O–H groups in total. The maximum absolute atomic E-state index is 11.4. The quantitative estimate of drug-likeness (QED) is 0.729. The molecule has 90 valence electrons. The average Bonchev–Trinajstić information content (AvgIpc) is 2.13. The molecule has 0 aliphatic rings. The molecular formula is C13H21NO2. The summed E-state index contributed by atoms with van der Waals surface area (Å²) in [6.07, 6.45) is 2.77. The molecule has 0 aliphatic heterocycles. The third-order valence-corrected chi connectivity index (χ3v) is 2.78. The fraction of sp³-hybridized carbons (Fsp3) is 0.692.